The molecule has 2 saturated heterocycles. The molecule has 1 aromatic carbocycles. The Hall–Kier alpha value is -1.85. The second-order valence-corrected chi connectivity index (χ2v) is 7.77. The van der Waals surface area contributed by atoms with E-state index in [0.717, 1.165) is 53.3 Å². The SMILES string of the molecule is COc1ccc(-c2nc(CN3[C@@H]4CC[C@H]3CC(O)C4)c(C)o2)c(C)c1C. The average Bonchev–Trinajstić information content (AvgIpc) is 3.08. The Kier molecular flexibility index (Phi) is 4.53. The lowest BCUT2D eigenvalue weighted by atomic mass is 9.99. The largest absolute Gasteiger partial charge is 0.496 e. The fourth-order valence-corrected chi connectivity index (χ4v) is 4.62. The van der Waals surface area contributed by atoms with Crippen LogP contribution in [0.25, 0.3) is 11.5 Å². The van der Waals surface area contributed by atoms with E-state index in [0.29, 0.717) is 18.0 Å². The summed E-state index contributed by atoms with van der Waals surface area (Å²) in [5.74, 6) is 2.46. The van der Waals surface area contributed by atoms with Crippen molar-refractivity contribution in [2.75, 3.05) is 7.11 Å². The fourth-order valence-electron chi connectivity index (χ4n) is 4.62. The van der Waals surface area contributed by atoms with Crippen molar-refractivity contribution >= 4 is 0 Å². The van der Waals surface area contributed by atoms with Crippen LogP contribution >= 0.6 is 0 Å². The Labute approximate surface area is 155 Å². The Balaban J connectivity index is 1.60. The molecule has 2 aliphatic heterocycles. The molecule has 3 atom stereocenters. The molecule has 5 heteroatoms. The van der Waals surface area contributed by atoms with E-state index in [-0.39, 0.29) is 6.10 Å². The van der Waals surface area contributed by atoms with Gasteiger partial charge < -0.3 is 14.3 Å². The summed E-state index contributed by atoms with van der Waals surface area (Å²) < 4.78 is 11.4. The summed E-state index contributed by atoms with van der Waals surface area (Å²) in [6.45, 7) is 6.95. The van der Waals surface area contributed by atoms with E-state index in [1.807, 2.05) is 19.1 Å². The third-order valence-corrected chi connectivity index (χ3v) is 6.27. The first-order chi connectivity index (χ1) is 12.5. The van der Waals surface area contributed by atoms with Gasteiger partial charge in [-0.1, -0.05) is 0 Å². The summed E-state index contributed by atoms with van der Waals surface area (Å²) in [6.07, 6.45) is 4.00. The minimum atomic E-state index is -0.136. The molecule has 0 radical (unpaired) electrons. The average molecular weight is 356 g/mol. The van der Waals surface area contributed by atoms with Gasteiger partial charge in [0, 0.05) is 24.2 Å². The number of hydrogen-bond acceptors (Lipinski definition) is 5. The molecule has 3 heterocycles. The van der Waals surface area contributed by atoms with E-state index in [1.165, 1.54) is 12.8 Å². The Morgan fingerprint density at radius 2 is 1.85 bits per heavy atom. The highest BCUT2D eigenvalue weighted by molar-refractivity contribution is 5.63. The van der Waals surface area contributed by atoms with Gasteiger partial charge >= 0.3 is 0 Å². The minimum Gasteiger partial charge on any atom is -0.496 e. The number of methoxy groups -OCH3 is 1. The maximum absolute atomic E-state index is 10.0. The van der Waals surface area contributed by atoms with Crippen LogP contribution < -0.4 is 4.74 Å². The summed E-state index contributed by atoms with van der Waals surface area (Å²) in [6, 6.07) is 4.96. The van der Waals surface area contributed by atoms with Gasteiger partial charge in [0.25, 0.3) is 0 Å². The van der Waals surface area contributed by atoms with Crippen LogP contribution in [0.4, 0.5) is 0 Å². The number of hydrogen-bond donors (Lipinski definition) is 1. The molecule has 140 valence electrons. The molecule has 0 amide bonds. The molecule has 0 aliphatic carbocycles. The van der Waals surface area contributed by atoms with Crippen LogP contribution in [0.3, 0.4) is 0 Å². The molecule has 26 heavy (non-hydrogen) atoms. The number of fused-ring (bicyclic) bond motifs is 2. The number of aryl methyl sites for hydroxylation is 1. The molecule has 5 nitrogen and oxygen atoms in total. The van der Waals surface area contributed by atoms with Gasteiger partial charge in [-0.3, -0.25) is 4.90 Å². The van der Waals surface area contributed by atoms with Crippen molar-refractivity contribution in [3.05, 3.63) is 34.7 Å². The lowest BCUT2D eigenvalue weighted by Gasteiger charge is -2.36. The van der Waals surface area contributed by atoms with Crippen molar-refractivity contribution in [2.45, 2.75) is 71.2 Å². The summed E-state index contributed by atoms with van der Waals surface area (Å²) in [4.78, 5) is 7.36. The number of piperidine rings is 1. The van der Waals surface area contributed by atoms with Crippen molar-refractivity contribution in [1.29, 1.82) is 0 Å². The van der Waals surface area contributed by atoms with Gasteiger partial charge in [0.15, 0.2) is 0 Å². The quantitative estimate of drug-likeness (QED) is 0.904. The predicted octanol–water partition coefficient (Wildman–Crippen LogP) is 3.76. The van der Waals surface area contributed by atoms with Gasteiger partial charge in [0.1, 0.15) is 11.5 Å². The minimum absolute atomic E-state index is 0.136. The van der Waals surface area contributed by atoms with Gasteiger partial charge in [-0.15, -0.1) is 0 Å². The van der Waals surface area contributed by atoms with Gasteiger partial charge in [0.2, 0.25) is 5.89 Å². The molecule has 2 aromatic rings. The number of nitrogens with zero attached hydrogens (tertiary/aromatic N) is 2. The Morgan fingerprint density at radius 3 is 2.50 bits per heavy atom. The maximum atomic E-state index is 10.0. The van der Waals surface area contributed by atoms with Crippen molar-refractivity contribution in [3.63, 3.8) is 0 Å². The van der Waals surface area contributed by atoms with E-state index >= 15 is 0 Å². The van der Waals surface area contributed by atoms with Gasteiger partial charge in [-0.05, 0) is 69.7 Å². The van der Waals surface area contributed by atoms with Gasteiger partial charge in [0.05, 0.1) is 18.9 Å². The summed E-state index contributed by atoms with van der Waals surface area (Å²) in [5, 5.41) is 10.0. The topological polar surface area (TPSA) is 58.7 Å². The normalized spacial score (nSPS) is 25.7. The highest BCUT2D eigenvalue weighted by Crippen LogP contribution is 2.38. The van der Waals surface area contributed by atoms with Gasteiger partial charge in [-0.25, -0.2) is 4.98 Å². The lowest BCUT2D eigenvalue weighted by Crippen LogP contribution is -2.44. The van der Waals surface area contributed by atoms with E-state index in [2.05, 4.69) is 18.7 Å². The number of ether oxygens (including phenoxy) is 1. The Morgan fingerprint density at radius 1 is 1.15 bits per heavy atom. The molecule has 4 rings (SSSR count). The number of aliphatic hydroxyl groups excluding tert-OH is 1. The van der Waals surface area contributed by atoms with Crippen LogP contribution in [0.2, 0.25) is 0 Å². The van der Waals surface area contributed by atoms with Crippen LogP contribution in [-0.2, 0) is 6.54 Å². The highest BCUT2D eigenvalue weighted by Gasteiger charge is 2.40. The maximum Gasteiger partial charge on any atom is 0.226 e. The monoisotopic (exact) mass is 356 g/mol. The first-order valence-electron chi connectivity index (χ1n) is 9.52. The first kappa shape index (κ1) is 17.6. The Bertz CT molecular complexity index is 800. The van der Waals surface area contributed by atoms with Crippen LogP contribution in [-0.4, -0.2) is 40.3 Å². The molecule has 1 N–H and O–H groups in total. The van der Waals surface area contributed by atoms with Crippen molar-refractivity contribution in [2.24, 2.45) is 0 Å². The number of rotatable bonds is 4. The fraction of sp³-hybridized carbons (Fsp3) is 0.571. The zero-order valence-electron chi connectivity index (χ0n) is 16.1. The van der Waals surface area contributed by atoms with Gasteiger partial charge in [-0.2, -0.15) is 0 Å². The molecule has 2 aliphatic rings. The number of benzene rings is 1. The van der Waals surface area contributed by atoms with Crippen LogP contribution in [0.5, 0.6) is 5.75 Å². The van der Waals surface area contributed by atoms with E-state index in [1.54, 1.807) is 7.11 Å². The van der Waals surface area contributed by atoms with Crippen LogP contribution in [0, 0.1) is 20.8 Å². The molecule has 0 saturated carbocycles. The third kappa shape index (κ3) is 2.93. The van der Waals surface area contributed by atoms with Crippen LogP contribution in [0.15, 0.2) is 16.5 Å². The number of aromatic nitrogens is 1. The van der Waals surface area contributed by atoms with Crippen molar-refractivity contribution in [1.82, 2.24) is 9.88 Å². The van der Waals surface area contributed by atoms with E-state index in [9.17, 15) is 5.11 Å². The lowest BCUT2D eigenvalue weighted by molar-refractivity contribution is 0.0302. The van der Waals surface area contributed by atoms with E-state index in [4.69, 9.17) is 14.1 Å². The molecule has 2 fully saturated rings. The van der Waals surface area contributed by atoms with Crippen molar-refractivity contribution in [3.8, 4) is 17.2 Å². The molecule has 1 unspecified atom stereocenters. The summed E-state index contributed by atoms with van der Waals surface area (Å²) in [7, 11) is 1.69. The summed E-state index contributed by atoms with van der Waals surface area (Å²) >= 11 is 0. The molecular weight excluding hydrogens is 328 g/mol. The number of aliphatic hydroxyl groups is 1. The molecule has 2 bridgehead atoms. The van der Waals surface area contributed by atoms with Crippen molar-refractivity contribution < 1.29 is 14.3 Å². The highest BCUT2D eigenvalue weighted by atomic mass is 16.5. The zero-order valence-corrected chi connectivity index (χ0v) is 16.1. The predicted molar refractivity (Wildman–Crippen MR) is 100 cm³/mol. The number of oxazole rings is 1. The van der Waals surface area contributed by atoms with E-state index < -0.39 is 0 Å². The molecule has 0 spiro atoms. The standard InChI is InChI=1S/C21H28N2O3/c1-12-13(2)20(25-4)8-7-18(12)21-22-19(14(3)26-21)11-23-15-5-6-16(23)10-17(24)9-15/h7-8,15-17,24H,5-6,9-11H2,1-4H3/t15-,16+,17?. The molecule has 1 aromatic heterocycles. The zero-order chi connectivity index (χ0) is 18.4. The second-order valence-electron chi connectivity index (χ2n) is 7.77. The molecular formula is C21H28N2O3. The van der Waals surface area contributed by atoms with Crippen LogP contribution in [0.1, 0.15) is 48.3 Å². The summed E-state index contributed by atoms with van der Waals surface area (Å²) in [5.41, 5.74) is 4.29. The smallest absolute Gasteiger partial charge is 0.226 e. The third-order valence-electron chi connectivity index (χ3n) is 6.27. The first-order valence-corrected chi connectivity index (χ1v) is 9.52. The second kappa shape index (κ2) is 6.71.